The molecule has 0 spiro atoms. The van der Waals surface area contributed by atoms with Crippen LogP contribution in [0.15, 0.2) is 54.6 Å². The van der Waals surface area contributed by atoms with Gasteiger partial charge in [-0.15, -0.1) is 0 Å². The van der Waals surface area contributed by atoms with Gasteiger partial charge in [0.15, 0.2) is 6.04 Å². The van der Waals surface area contributed by atoms with Gasteiger partial charge >= 0.3 is 5.97 Å². The minimum atomic E-state index is -0.987. The molecule has 1 heterocycles. The molecular formula is C22H22ClN3O3. The number of halogens is 1. The molecule has 0 fully saturated rings. The number of carbonyl (C=O) groups is 2. The summed E-state index contributed by atoms with van der Waals surface area (Å²) in [6, 6.07) is 15.1. The van der Waals surface area contributed by atoms with E-state index in [1.807, 2.05) is 37.3 Å². The quantitative estimate of drug-likeness (QED) is 0.617. The van der Waals surface area contributed by atoms with Crippen molar-refractivity contribution in [2.45, 2.75) is 26.8 Å². The van der Waals surface area contributed by atoms with Crippen LogP contribution in [0.25, 0.3) is 5.69 Å². The number of rotatable bonds is 6. The van der Waals surface area contributed by atoms with E-state index in [0.29, 0.717) is 21.8 Å². The van der Waals surface area contributed by atoms with Crippen LogP contribution in [0, 0.1) is 13.8 Å². The summed E-state index contributed by atoms with van der Waals surface area (Å²) in [6.07, 6.45) is 0. The number of benzene rings is 2. The Balaban J connectivity index is 2.01. The van der Waals surface area contributed by atoms with Crippen molar-refractivity contribution in [1.82, 2.24) is 15.1 Å². The summed E-state index contributed by atoms with van der Waals surface area (Å²) in [7, 11) is 0. The first-order valence-electron chi connectivity index (χ1n) is 9.27. The molecule has 29 heavy (non-hydrogen) atoms. The van der Waals surface area contributed by atoms with Gasteiger partial charge in [-0.1, -0.05) is 35.9 Å². The molecule has 1 N–H and O–H groups in total. The van der Waals surface area contributed by atoms with Crippen LogP contribution in [-0.4, -0.2) is 28.3 Å². The van der Waals surface area contributed by atoms with E-state index in [1.54, 1.807) is 42.8 Å². The molecule has 1 amide bonds. The molecule has 2 aromatic carbocycles. The Labute approximate surface area is 174 Å². The highest BCUT2D eigenvalue weighted by Gasteiger charge is 2.30. The Morgan fingerprint density at radius 2 is 1.86 bits per heavy atom. The van der Waals surface area contributed by atoms with Crippen LogP contribution in [-0.2, 0) is 9.53 Å². The summed E-state index contributed by atoms with van der Waals surface area (Å²) in [5.74, 6) is -0.960. The number of hydrogen-bond donors (Lipinski definition) is 1. The molecule has 0 aliphatic heterocycles. The number of nitrogens with one attached hydrogen (secondary N) is 1. The van der Waals surface area contributed by atoms with Gasteiger partial charge in [-0.2, -0.15) is 5.10 Å². The van der Waals surface area contributed by atoms with Crippen LogP contribution in [0.2, 0.25) is 5.02 Å². The van der Waals surface area contributed by atoms with Crippen LogP contribution >= 0.6 is 11.6 Å². The number of esters is 1. The van der Waals surface area contributed by atoms with E-state index in [1.165, 1.54) is 0 Å². The maximum Gasteiger partial charge on any atom is 0.333 e. The van der Waals surface area contributed by atoms with Crippen molar-refractivity contribution in [2.24, 2.45) is 0 Å². The third kappa shape index (κ3) is 4.49. The van der Waals surface area contributed by atoms with E-state index in [0.717, 1.165) is 11.4 Å². The average molecular weight is 412 g/mol. The topological polar surface area (TPSA) is 73.2 Å². The Morgan fingerprint density at radius 1 is 1.14 bits per heavy atom. The zero-order valence-electron chi connectivity index (χ0n) is 16.5. The smallest absolute Gasteiger partial charge is 0.333 e. The Morgan fingerprint density at radius 3 is 2.52 bits per heavy atom. The molecular weight excluding hydrogens is 390 g/mol. The predicted molar refractivity (Wildman–Crippen MR) is 111 cm³/mol. The van der Waals surface area contributed by atoms with Crippen molar-refractivity contribution in [3.05, 3.63) is 82.1 Å². The molecule has 3 aromatic rings. The summed E-state index contributed by atoms with van der Waals surface area (Å²) in [6.45, 7) is 5.59. The van der Waals surface area contributed by atoms with Gasteiger partial charge in [-0.3, -0.25) is 4.79 Å². The van der Waals surface area contributed by atoms with Crippen LogP contribution in [0.5, 0.6) is 0 Å². The van der Waals surface area contributed by atoms with Gasteiger partial charge in [0.1, 0.15) is 0 Å². The standard InChI is InChI=1S/C22H22ClN3O3/c1-4-29-22(28)20(24-21(27)16-9-8-10-17(23)13-16)19-14(2)25-26(15(19)3)18-11-6-5-7-12-18/h5-13,20H,4H2,1-3H3,(H,24,27)/t20-/m0/s1. The fourth-order valence-electron chi connectivity index (χ4n) is 3.21. The first-order valence-corrected chi connectivity index (χ1v) is 9.64. The van der Waals surface area contributed by atoms with Crippen molar-refractivity contribution in [3.8, 4) is 5.69 Å². The number of aryl methyl sites for hydroxylation is 1. The van der Waals surface area contributed by atoms with Gasteiger partial charge in [0.05, 0.1) is 18.0 Å². The lowest BCUT2D eigenvalue weighted by Gasteiger charge is -2.18. The number of amides is 1. The van der Waals surface area contributed by atoms with E-state index in [-0.39, 0.29) is 6.61 Å². The first-order chi connectivity index (χ1) is 13.9. The third-order valence-electron chi connectivity index (χ3n) is 4.52. The molecule has 0 saturated carbocycles. The Hall–Kier alpha value is -3.12. The van der Waals surface area contributed by atoms with Crippen LogP contribution < -0.4 is 5.32 Å². The summed E-state index contributed by atoms with van der Waals surface area (Å²) in [5, 5.41) is 7.80. The number of para-hydroxylation sites is 1. The highest BCUT2D eigenvalue weighted by molar-refractivity contribution is 6.31. The second-order valence-corrected chi connectivity index (χ2v) is 6.94. The van der Waals surface area contributed by atoms with Crippen LogP contribution in [0.1, 0.15) is 40.3 Å². The molecule has 150 valence electrons. The van der Waals surface area contributed by atoms with Crippen molar-refractivity contribution in [2.75, 3.05) is 6.61 Å². The van der Waals surface area contributed by atoms with Crippen molar-refractivity contribution in [3.63, 3.8) is 0 Å². The molecule has 0 aliphatic rings. The molecule has 1 atom stereocenters. The highest BCUT2D eigenvalue weighted by atomic mass is 35.5. The summed E-state index contributed by atoms with van der Waals surface area (Å²) < 4.78 is 6.98. The highest BCUT2D eigenvalue weighted by Crippen LogP contribution is 2.26. The lowest BCUT2D eigenvalue weighted by atomic mass is 10.0. The summed E-state index contributed by atoms with van der Waals surface area (Å²) >= 11 is 5.99. The minimum Gasteiger partial charge on any atom is -0.464 e. The zero-order chi connectivity index (χ0) is 21.0. The second-order valence-electron chi connectivity index (χ2n) is 6.50. The first kappa shape index (κ1) is 20.6. The zero-order valence-corrected chi connectivity index (χ0v) is 17.2. The number of hydrogen-bond acceptors (Lipinski definition) is 4. The van der Waals surface area contributed by atoms with Crippen LogP contribution in [0.4, 0.5) is 0 Å². The SMILES string of the molecule is CCOC(=O)[C@@H](NC(=O)c1cccc(Cl)c1)c1c(C)nn(-c2ccccc2)c1C. The van der Waals surface area contributed by atoms with Gasteiger partial charge in [0.25, 0.3) is 5.91 Å². The van der Waals surface area contributed by atoms with Gasteiger partial charge in [-0.05, 0) is 51.1 Å². The molecule has 3 rings (SSSR count). The van der Waals surface area contributed by atoms with Gasteiger partial charge in [-0.25, -0.2) is 9.48 Å². The lowest BCUT2D eigenvalue weighted by Crippen LogP contribution is -2.35. The predicted octanol–water partition coefficient (Wildman–Crippen LogP) is 4.18. The van der Waals surface area contributed by atoms with E-state index in [4.69, 9.17) is 16.3 Å². The number of nitrogens with zero attached hydrogens (tertiary/aromatic N) is 2. The fraction of sp³-hybridized carbons (Fsp3) is 0.227. The number of aromatic nitrogens is 2. The van der Waals surface area contributed by atoms with E-state index >= 15 is 0 Å². The molecule has 0 bridgehead atoms. The van der Waals surface area contributed by atoms with E-state index in [2.05, 4.69) is 10.4 Å². The average Bonchev–Trinajstić information content (AvgIpc) is 3.01. The van der Waals surface area contributed by atoms with Gasteiger partial charge < -0.3 is 10.1 Å². The Kier molecular flexibility index (Phi) is 6.34. The van der Waals surface area contributed by atoms with Crippen molar-refractivity contribution in [1.29, 1.82) is 0 Å². The number of carbonyl (C=O) groups excluding carboxylic acids is 2. The van der Waals surface area contributed by atoms with Crippen molar-refractivity contribution >= 4 is 23.5 Å². The molecule has 1 aromatic heterocycles. The molecule has 6 nitrogen and oxygen atoms in total. The molecule has 0 radical (unpaired) electrons. The van der Waals surface area contributed by atoms with E-state index < -0.39 is 17.9 Å². The largest absolute Gasteiger partial charge is 0.464 e. The third-order valence-corrected chi connectivity index (χ3v) is 4.76. The molecule has 0 aliphatic carbocycles. The van der Waals surface area contributed by atoms with Gasteiger partial charge in [0, 0.05) is 21.8 Å². The normalized spacial score (nSPS) is 11.7. The lowest BCUT2D eigenvalue weighted by molar-refractivity contribution is -0.145. The summed E-state index contributed by atoms with van der Waals surface area (Å²) in [4.78, 5) is 25.5. The maximum absolute atomic E-state index is 12.8. The van der Waals surface area contributed by atoms with Gasteiger partial charge in [0.2, 0.25) is 0 Å². The molecule has 0 unspecified atom stereocenters. The van der Waals surface area contributed by atoms with Crippen LogP contribution in [0.3, 0.4) is 0 Å². The maximum atomic E-state index is 12.8. The monoisotopic (exact) mass is 411 g/mol. The number of ether oxygens (including phenoxy) is 1. The van der Waals surface area contributed by atoms with E-state index in [9.17, 15) is 9.59 Å². The fourth-order valence-corrected chi connectivity index (χ4v) is 3.40. The minimum absolute atomic E-state index is 0.202. The molecule has 0 saturated heterocycles. The second kappa shape index (κ2) is 8.92. The summed E-state index contributed by atoms with van der Waals surface area (Å²) in [5.41, 5.74) is 3.22. The Bertz CT molecular complexity index is 1030. The molecule has 7 heteroatoms. The van der Waals surface area contributed by atoms with Crippen molar-refractivity contribution < 1.29 is 14.3 Å².